The van der Waals surface area contributed by atoms with E-state index in [-0.39, 0.29) is 16.4 Å². The second-order valence-electron chi connectivity index (χ2n) is 4.71. The maximum Gasteiger partial charge on any atom is 0.265 e. The summed E-state index contributed by atoms with van der Waals surface area (Å²) in [5.74, 6) is -0.408. The monoisotopic (exact) mass is 305 g/mol. The number of phenolic OH excluding ortho intramolecular Hbond substituents is 1. The van der Waals surface area contributed by atoms with Crippen LogP contribution in [0.15, 0.2) is 47.4 Å². The van der Waals surface area contributed by atoms with Crippen LogP contribution in [0.25, 0.3) is 0 Å². The third kappa shape index (κ3) is 3.41. The number of phenols is 1. The molecule has 6 heteroatoms. The highest BCUT2D eigenvalue weighted by atomic mass is 32.2. The zero-order valence-electron chi connectivity index (χ0n) is 11.6. The van der Waals surface area contributed by atoms with Crippen molar-refractivity contribution >= 4 is 21.5 Å². The van der Waals surface area contributed by atoms with Crippen molar-refractivity contribution in [1.29, 1.82) is 0 Å². The van der Waals surface area contributed by atoms with Gasteiger partial charge in [-0.3, -0.25) is 9.52 Å². The molecule has 0 radical (unpaired) electrons. The Morgan fingerprint density at radius 1 is 1.10 bits per heavy atom. The molecule has 0 saturated carbocycles. The summed E-state index contributed by atoms with van der Waals surface area (Å²) >= 11 is 0. The molecule has 0 amide bonds. The number of hydrogen-bond acceptors (Lipinski definition) is 4. The van der Waals surface area contributed by atoms with E-state index >= 15 is 0 Å². The lowest BCUT2D eigenvalue weighted by Gasteiger charge is -2.10. The molecule has 0 aliphatic rings. The summed E-state index contributed by atoms with van der Waals surface area (Å²) in [6.45, 7) is 3.17. The first-order chi connectivity index (χ1) is 9.79. The summed E-state index contributed by atoms with van der Waals surface area (Å²) in [5.41, 5.74) is 1.54. The third-order valence-electron chi connectivity index (χ3n) is 2.95. The second-order valence-corrected chi connectivity index (χ2v) is 6.36. The number of anilines is 1. The molecule has 21 heavy (non-hydrogen) atoms. The lowest BCUT2D eigenvalue weighted by Crippen LogP contribution is -2.13. The van der Waals surface area contributed by atoms with Crippen molar-refractivity contribution in [1.82, 2.24) is 0 Å². The average Bonchev–Trinajstić information content (AvgIpc) is 2.41. The number of rotatable bonds is 4. The lowest BCUT2D eigenvalue weighted by molar-refractivity contribution is 0.101. The highest BCUT2D eigenvalue weighted by Crippen LogP contribution is 2.25. The van der Waals surface area contributed by atoms with Crippen LogP contribution in [0.1, 0.15) is 22.8 Å². The number of ketones is 1. The van der Waals surface area contributed by atoms with E-state index < -0.39 is 10.0 Å². The van der Waals surface area contributed by atoms with Crippen LogP contribution in [0.3, 0.4) is 0 Å². The molecule has 2 aromatic carbocycles. The Morgan fingerprint density at radius 2 is 1.71 bits per heavy atom. The minimum atomic E-state index is -3.88. The molecule has 0 saturated heterocycles. The van der Waals surface area contributed by atoms with Crippen LogP contribution in [0, 0.1) is 6.92 Å². The Hall–Kier alpha value is -2.34. The van der Waals surface area contributed by atoms with Crippen LogP contribution in [0.2, 0.25) is 0 Å². The van der Waals surface area contributed by atoms with Crippen LogP contribution >= 0.6 is 0 Å². The van der Waals surface area contributed by atoms with Gasteiger partial charge in [-0.2, -0.15) is 0 Å². The number of nitrogens with one attached hydrogen (secondary N) is 1. The van der Waals surface area contributed by atoms with Crippen LogP contribution in [-0.4, -0.2) is 19.3 Å². The Balaban J connectivity index is 2.33. The van der Waals surface area contributed by atoms with Crippen LogP contribution < -0.4 is 4.72 Å². The van der Waals surface area contributed by atoms with Gasteiger partial charge in [-0.25, -0.2) is 8.42 Å². The van der Waals surface area contributed by atoms with Crippen molar-refractivity contribution in [2.24, 2.45) is 0 Å². The predicted molar refractivity (Wildman–Crippen MR) is 80.1 cm³/mol. The van der Waals surface area contributed by atoms with Gasteiger partial charge in [0.15, 0.2) is 5.78 Å². The topological polar surface area (TPSA) is 83.5 Å². The summed E-state index contributed by atoms with van der Waals surface area (Å²) < 4.78 is 26.9. The number of hydrogen-bond donors (Lipinski definition) is 2. The van der Waals surface area contributed by atoms with Gasteiger partial charge in [-0.1, -0.05) is 6.07 Å². The number of carbonyl (C=O) groups excluding carboxylic acids is 1. The maximum absolute atomic E-state index is 12.3. The van der Waals surface area contributed by atoms with Crippen molar-refractivity contribution in [2.45, 2.75) is 18.7 Å². The quantitative estimate of drug-likeness (QED) is 0.851. The third-order valence-corrected chi connectivity index (χ3v) is 4.36. The number of aromatic hydroxyl groups is 1. The van der Waals surface area contributed by atoms with Gasteiger partial charge in [-0.15, -0.1) is 0 Å². The molecule has 0 unspecified atom stereocenters. The van der Waals surface area contributed by atoms with E-state index in [9.17, 15) is 18.3 Å². The van der Waals surface area contributed by atoms with Gasteiger partial charge >= 0.3 is 0 Å². The first-order valence-corrected chi connectivity index (χ1v) is 7.71. The lowest BCUT2D eigenvalue weighted by atomic mass is 10.1. The molecular formula is C15H15NO4S. The van der Waals surface area contributed by atoms with E-state index in [2.05, 4.69) is 4.72 Å². The normalized spacial score (nSPS) is 11.1. The van der Waals surface area contributed by atoms with E-state index in [0.29, 0.717) is 11.3 Å². The molecule has 2 rings (SSSR count). The standard InChI is InChI=1S/C15H15NO4S/c1-10-3-8-14(18)15(9-10)21(19,20)16-13-6-4-12(5-7-13)11(2)17/h3-9,16,18H,1-2H3. The van der Waals surface area contributed by atoms with Crippen molar-refractivity contribution in [3.63, 3.8) is 0 Å². The second kappa shape index (κ2) is 5.57. The van der Waals surface area contributed by atoms with Crippen LogP contribution in [0.5, 0.6) is 5.75 Å². The maximum atomic E-state index is 12.3. The molecule has 5 nitrogen and oxygen atoms in total. The van der Waals surface area contributed by atoms with E-state index in [1.807, 2.05) is 0 Å². The largest absolute Gasteiger partial charge is 0.507 e. The summed E-state index contributed by atoms with van der Waals surface area (Å²) in [6, 6.07) is 10.4. The molecule has 110 valence electrons. The molecule has 0 aromatic heterocycles. The van der Waals surface area contributed by atoms with Crippen LogP contribution in [-0.2, 0) is 10.0 Å². The summed E-state index contributed by atoms with van der Waals surface area (Å²) in [4.78, 5) is 11.0. The number of carbonyl (C=O) groups is 1. The molecule has 0 heterocycles. The van der Waals surface area contributed by atoms with E-state index in [0.717, 1.165) is 5.56 Å². The first-order valence-electron chi connectivity index (χ1n) is 6.23. The SMILES string of the molecule is CC(=O)c1ccc(NS(=O)(=O)c2cc(C)ccc2O)cc1. The smallest absolute Gasteiger partial charge is 0.265 e. The number of Topliss-reactive ketones (excluding diaryl/α,β-unsaturated/α-hetero) is 1. The predicted octanol–water partition coefficient (Wildman–Crippen LogP) is 2.70. The van der Waals surface area contributed by atoms with Gasteiger partial charge in [0.05, 0.1) is 0 Å². The molecule has 0 bridgehead atoms. The molecule has 0 aliphatic carbocycles. The zero-order valence-corrected chi connectivity index (χ0v) is 12.4. The van der Waals surface area contributed by atoms with E-state index in [1.54, 1.807) is 13.0 Å². The molecule has 2 aromatic rings. The minimum absolute atomic E-state index is 0.0965. The Bertz CT molecular complexity index is 780. The summed E-state index contributed by atoms with van der Waals surface area (Å²) in [6.07, 6.45) is 0. The fraction of sp³-hybridized carbons (Fsp3) is 0.133. The average molecular weight is 305 g/mol. The van der Waals surface area contributed by atoms with Crippen LogP contribution in [0.4, 0.5) is 5.69 Å². The number of aryl methyl sites for hydroxylation is 1. The van der Waals surface area contributed by atoms with Gasteiger partial charge in [0, 0.05) is 11.3 Å². The highest BCUT2D eigenvalue weighted by Gasteiger charge is 2.19. The zero-order chi connectivity index (χ0) is 15.6. The fourth-order valence-electron chi connectivity index (χ4n) is 1.82. The van der Waals surface area contributed by atoms with Crippen molar-refractivity contribution in [3.8, 4) is 5.75 Å². The number of sulfonamides is 1. The van der Waals surface area contributed by atoms with Gasteiger partial charge in [0.25, 0.3) is 10.0 Å². The molecular weight excluding hydrogens is 290 g/mol. The van der Waals surface area contributed by atoms with E-state index in [1.165, 1.54) is 43.3 Å². The van der Waals surface area contributed by atoms with Crippen molar-refractivity contribution < 1.29 is 18.3 Å². The highest BCUT2D eigenvalue weighted by molar-refractivity contribution is 7.92. The fourth-order valence-corrected chi connectivity index (χ4v) is 3.06. The Labute approximate surface area is 123 Å². The first kappa shape index (κ1) is 15.1. The molecule has 0 aliphatic heterocycles. The summed E-state index contributed by atoms with van der Waals surface area (Å²) in [5, 5.41) is 9.70. The number of benzene rings is 2. The van der Waals surface area contributed by atoms with Crippen molar-refractivity contribution in [3.05, 3.63) is 53.6 Å². The minimum Gasteiger partial charge on any atom is -0.507 e. The van der Waals surface area contributed by atoms with Gasteiger partial charge in [-0.05, 0) is 55.8 Å². The Morgan fingerprint density at radius 3 is 2.29 bits per heavy atom. The van der Waals surface area contributed by atoms with Gasteiger partial charge in [0.1, 0.15) is 10.6 Å². The molecule has 0 atom stereocenters. The van der Waals surface area contributed by atoms with E-state index in [4.69, 9.17) is 0 Å². The molecule has 0 spiro atoms. The Kier molecular flexibility index (Phi) is 3.99. The van der Waals surface area contributed by atoms with Gasteiger partial charge in [0.2, 0.25) is 0 Å². The van der Waals surface area contributed by atoms with Gasteiger partial charge < -0.3 is 5.11 Å². The van der Waals surface area contributed by atoms with Crippen molar-refractivity contribution in [2.75, 3.05) is 4.72 Å². The molecule has 0 fully saturated rings. The summed E-state index contributed by atoms with van der Waals surface area (Å²) in [7, 11) is -3.88. The molecule has 2 N–H and O–H groups in total.